The molecule has 0 atom stereocenters. The smallest absolute Gasteiger partial charge is 0.325 e. The summed E-state index contributed by atoms with van der Waals surface area (Å²) in [4.78, 5) is 43.2. The highest BCUT2D eigenvalue weighted by Crippen LogP contribution is 2.33. The zero-order valence-electron chi connectivity index (χ0n) is 9.71. The number of benzene rings is 1. The van der Waals surface area contributed by atoms with E-state index in [4.69, 9.17) is 5.84 Å². The first-order valence-electron chi connectivity index (χ1n) is 4.88. The largest absolute Gasteiger partial charge is 0.419 e. The average Bonchev–Trinajstić information content (AvgIpc) is 2.36. The summed E-state index contributed by atoms with van der Waals surface area (Å²) in [6.07, 6.45) is 0.259. The molecule has 0 radical (unpaired) electrons. The summed E-state index contributed by atoms with van der Waals surface area (Å²) in [6, 6.07) is 2.17. The number of nitro groups is 1. The van der Waals surface area contributed by atoms with E-state index in [0.29, 0.717) is 0 Å². The minimum atomic E-state index is -1.04. The molecule has 1 aromatic rings. The van der Waals surface area contributed by atoms with Gasteiger partial charge in [0.05, 0.1) is 4.92 Å². The Balaban J connectivity index is 3.62. The Labute approximate surface area is 106 Å². The fraction of sp³-hybridized carbons (Fsp3) is 0.100. The van der Waals surface area contributed by atoms with E-state index in [0.717, 1.165) is 19.1 Å². The van der Waals surface area contributed by atoms with Crippen molar-refractivity contribution in [1.82, 2.24) is 5.43 Å². The minimum Gasteiger partial charge on any atom is -0.419 e. The second kappa shape index (κ2) is 5.69. The molecule has 0 aliphatic heterocycles. The topological polar surface area (TPSA) is 142 Å². The summed E-state index contributed by atoms with van der Waals surface area (Å²) in [7, 11) is 0. The first-order chi connectivity index (χ1) is 8.92. The number of hydrogen-bond acceptors (Lipinski definition) is 7. The third-order valence-electron chi connectivity index (χ3n) is 2.09. The number of nitrogens with zero attached hydrogens (tertiary/aromatic N) is 1. The fourth-order valence-electron chi connectivity index (χ4n) is 1.42. The summed E-state index contributed by atoms with van der Waals surface area (Å²) in [6.45, 7) is 1.04. The Morgan fingerprint density at radius 1 is 1.47 bits per heavy atom. The van der Waals surface area contributed by atoms with Gasteiger partial charge in [0.1, 0.15) is 5.56 Å². The van der Waals surface area contributed by atoms with Crippen molar-refractivity contribution >= 4 is 23.9 Å². The van der Waals surface area contributed by atoms with Gasteiger partial charge >= 0.3 is 11.7 Å². The highest BCUT2D eigenvalue weighted by atomic mass is 16.6. The van der Waals surface area contributed by atoms with Crippen LogP contribution in [-0.4, -0.2) is 23.1 Å². The van der Waals surface area contributed by atoms with Crippen molar-refractivity contribution in [2.45, 2.75) is 6.92 Å². The van der Waals surface area contributed by atoms with Gasteiger partial charge in [-0.15, -0.1) is 0 Å². The Kier molecular flexibility index (Phi) is 4.27. The summed E-state index contributed by atoms with van der Waals surface area (Å²) in [5.74, 6) is 2.62. The SMILES string of the molecule is CC(=O)Oc1ccc(C=O)c(C(=O)NN)c1[N+](=O)[O-]. The van der Waals surface area contributed by atoms with Crippen molar-refractivity contribution in [1.29, 1.82) is 0 Å². The van der Waals surface area contributed by atoms with Crippen LogP contribution in [0.1, 0.15) is 27.6 Å². The monoisotopic (exact) mass is 267 g/mol. The molecular weight excluding hydrogens is 258 g/mol. The van der Waals surface area contributed by atoms with Crippen molar-refractivity contribution in [3.8, 4) is 5.75 Å². The van der Waals surface area contributed by atoms with Crippen LogP contribution in [0, 0.1) is 10.1 Å². The van der Waals surface area contributed by atoms with E-state index in [-0.39, 0.29) is 11.8 Å². The standard InChI is InChI=1S/C10H9N3O6/c1-5(15)19-7-3-2-6(4-14)8(10(16)12-11)9(7)13(17)18/h2-4H,11H2,1H3,(H,12,16). The number of nitrogens with two attached hydrogens (primary N) is 1. The molecule has 1 aromatic carbocycles. The van der Waals surface area contributed by atoms with Crippen LogP contribution in [0.5, 0.6) is 5.75 Å². The molecule has 19 heavy (non-hydrogen) atoms. The molecule has 0 fully saturated rings. The maximum absolute atomic E-state index is 11.5. The molecule has 0 unspecified atom stereocenters. The van der Waals surface area contributed by atoms with Gasteiger partial charge in [-0.1, -0.05) is 0 Å². The summed E-state index contributed by atoms with van der Waals surface area (Å²) < 4.78 is 4.62. The Morgan fingerprint density at radius 3 is 2.53 bits per heavy atom. The van der Waals surface area contributed by atoms with Gasteiger partial charge in [0.15, 0.2) is 6.29 Å². The van der Waals surface area contributed by atoms with Crippen LogP contribution in [0.4, 0.5) is 5.69 Å². The molecule has 0 bridgehead atoms. The highest BCUT2D eigenvalue weighted by Gasteiger charge is 2.29. The number of ether oxygens (including phenoxy) is 1. The number of carbonyl (C=O) groups excluding carboxylic acids is 3. The first-order valence-corrected chi connectivity index (χ1v) is 4.88. The van der Waals surface area contributed by atoms with Gasteiger partial charge in [0, 0.05) is 12.5 Å². The van der Waals surface area contributed by atoms with Gasteiger partial charge in [-0.05, 0) is 12.1 Å². The Bertz CT molecular complexity index is 569. The number of aldehydes is 1. The van der Waals surface area contributed by atoms with E-state index in [1.54, 1.807) is 5.43 Å². The molecule has 1 amide bonds. The molecular formula is C10H9N3O6. The maximum Gasteiger partial charge on any atom is 0.325 e. The van der Waals surface area contributed by atoms with Gasteiger partial charge in [-0.3, -0.25) is 29.9 Å². The molecule has 9 nitrogen and oxygen atoms in total. The number of amides is 1. The molecule has 3 N–H and O–H groups in total. The van der Waals surface area contributed by atoms with E-state index in [9.17, 15) is 24.5 Å². The zero-order chi connectivity index (χ0) is 14.6. The molecule has 0 aromatic heterocycles. The number of hydrogen-bond donors (Lipinski definition) is 2. The Morgan fingerprint density at radius 2 is 2.11 bits per heavy atom. The van der Waals surface area contributed by atoms with E-state index in [1.165, 1.54) is 0 Å². The normalized spacial score (nSPS) is 9.58. The second-order valence-electron chi connectivity index (χ2n) is 3.32. The van der Waals surface area contributed by atoms with Crippen LogP contribution < -0.4 is 16.0 Å². The van der Waals surface area contributed by atoms with E-state index < -0.39 is 33.8 Å². The van der Waals surface area contributed by atoms with Crippen molar-refractivity contribution in [2.75, 3.05) is 0 Å². The molecule has 0 aliphatic carbocycles. The number of rotatable bonds is 4. The molecule has 100 valence electrons. The summed E-state index contributed by atoms with van der Waals surface area (Å²) >= 11 is 0. The van der Waals surface area contributed by atoms with Gasteiger partial charge in [-0.2, -0.15) is 0 Å². The lowest BCUT2D eigenvalue weighted by atomic mass is 10.0. The number of esters is 1. The van der Waals surface area contributed by atoms with Crippen LogP contribution in [0.25, 0.3) is 0 Å². The Hall–Kier alpha value is -2.81. The van der Waals surface area contributed by atoms with Crippen LogP contribution in [0.3, 0.4) is 0 Å². The highest BCUT2D eigenvalue weighted by molar-refractivity contribution is 6.05. The van der Waals surface area contributed by atoms with Crippen molar-refractivity contribution < 1.29 is 24.0 Å². The number of hydrazine groups is 1. The minimum absolute atomic E-state index is 0.245. The van der Waals surface area contributed by atoms with Gasteiger partial charge < -0.3 is 4.74 Å². The summed E-state index contributed by atoms with van der Waals surface area (Å²) in [5, 5.41) is 11.0. The third-order valence-corrected chi connectivity index (χ3v) is 2.09. The summed E-state index contributed by atoms with van der Waals surface area (Å²) in [5.41, 5.74) is 0.0729. The third kappa shape index (κ3) is 2.90. The van der Waals surface area contributed by atoms with Crippen molar-refractivity contribution in [3.63, 3.8) is 0 Å². The van der Waals surface area contributed by atoms with Crippen LogP contribution >= 0.6 is 0 Å². The van der Waals surface area contributed by atoms with Gasteiger partial charge in [0.2, 0.25) is 5.75 Å². The van der Waals surface area contributed by atoms with Crippen molar-refractivity contribution in [2.24, 2.45) is 5.84 Å². The molecule has 9 heteroatoms. The van der Waals surface area contributed by atoms with Crippen molar-refractivity contribution in [3.05, 3.63) is 33.4 Å². The first kappa shape index (κ1) is 14.3. The number of nitrogen functional groups attached to an aromatic ring is 1. The van der Waals surface area contributed by atoms with Gasteiger partial charge in [-0.25, -0.2) is 5.84 Å². The fourth-order valence-corrected chi connectivity index (χ4v) is 1.42. The zero-order valence-corrected chi connectivity index (χ0v) is 9.71. The molecule has 0 heterocycles. The quantitative estimate of drug-likeness (QED) is 0.148. The molecule has 0 aliphatic rings. The molecule has 0 saturated heterocycles. The molecule has 0 spiro atoms. The van der Waals surface area contributed by atoms with Crippen LogP contribution in [0.15, 0.2) is 12.1 Å². The van der Waals surface area contributed by atoms with E-state index >= 15 is 0 Å². The van der Waals surface area contributed by atoms with Gasteiger partial charge in [0.25, 0.3) is 5.91 Å². The maximum atomic E-state index is 11.5. The van der Waals surface area contributed by atoms with E-state index in [1.807, 2.05) is 0 Å². The molecule has 1 rings (SSSR count). The lowest BCUT2D eigenvalue weighted by Crippen LogP contribution is -2.31. The van der Waals surface area contributed by atoms with E-state index in [2.05, 4.69) is 4.74 Å². The number of carbonyl (C=O) groups is 3. The lowest BCUT2D eigenvalue weighted by Gasteiger charge is -2.08. The predicted molar refractivity (Wildman–Crippen MR) is 61.4 cm³/mol. The number of nitrogens with one attached hydrogen (secondary N) is 1. The van der Waals surface area contributed by atoms with Crippen LogP contribution in [-0.2, 0) is 4.79 Å². The molecule has 0 saturated carbocycles. The number of nitro benzene ring substituents is 1. The second-order valence-corrected chi connectivity index (χ2v) is 3.32. The predicted octanol–water partition coefficient (Wildman–Crippen LogP) is -0.0639. The van der Waals surface area contributed by atoms with Crippen LogP contribution in [0.2, 0.25) is 0 Å². The average molecular weight is 267 g/mol. The lowest BCUT2D eigenvalue weighted by molar-refractivity contribution is -0.385.